The van der Waals surface area contributed by atoms with Gasteiger partial charge < -0.3 is 0 Å². The Labute approximate surface area is 72.4 Å². The van der Waals surface area contributed by atoms with Crippen molar-refractivity contribution < 1.29 is 4.79 Å². The van der Waals surface area contributed by atoms with Crippen molar-refractivity contribution in [2.45, 2.75) is 19.8 Å². The number of hydrogen-bond acceptors (Lipinski definition) is 2. The van der Waals surface area contributed by atoms with Gasteiger partial charge in [0.15, 0.2) is 5.78 Å². The summed E-state index contributed by atoms with van der Waals surface area (Å²) < 4.78 is 0. The normalized spacial score (nSPS) is 34.4. The lowest BCUT2D eigenvalue weighted by atomic mass is 10.1. The minimum absolute atomic E-state index is 0.191. The van der Waals surface area contributed by atoms with Crippen molar-refractivity contribution in [3.63, 3.8) is 0 Å². The molecule has 2 unspecified atom stereocenters. The molecule has 0 radical (unpaired) electrons. The molecular weight excluding hydrogens is 150 g/mol. The van der Waals surface area contributed by atoms with Crippen LogP contribution in [0.4, 0.5) is 0 Å². The van der Waals surface area contributed by atoms with Crippen molar-refractivity contribution in [2.75, 3.05) is 6.54 Å². The van der Waals surface area contributed by atoms with Crippen LogP contribution in [0.2, 0.25) is 0 Å². The third-order valence-electron chi connectivity index (χ3n) is 2.61. The van der Waals surface area contributed by atoms with E-state index in [-0.39, 0.29) is 11.7 Å². The zero-order chi connectivity index (χ0) is 8.55. The predicted octanol–water partition coefficient (Wildman–Crippen LogP) is 1.61. The number of fused-ring (bicyclic) bond motifs is 1. The molecule has 1 heterocycles. The molecule has 0 amide bonds. The van der Waals surface area contributed by atoms with E-state index in [0.717, 1.165) is 25.1 Å². The smallest absolute Gasteiger partial charge is 0.180 e. The van der Waals surface area contributed by atoms with E-state index in [0.29, 0.717) is 5.92 Å². The first-order valence-electron chi connectivity index (χ1n) is 4.54. The zero-order valence-corrected chi connectivity index (χ0v) is 7.29. The summed E-state index contributed by atoms with van der Waals surface area (Å²) in [5, 5.41) is 0. The van der Waals surface area contributed by atoms with Crippen molar-refractivity contribution >= 4 is 11.5 Å². The number of aliphatic imine (C=N–C) groups is 1. The summed E-state index contributed by atoms with van der Waals surface area (Å²) in [5.74, 6) is 0.790. The van der Waals surface area contributed by atoms with Gasteiger partial charge in [0, 0.05) is 18.4 Å². The molecule has 2 atom stereocenters. The Balaban J connectivity index is 2.31. The molecule has 2 heteroatoms. The Morgan fingerprint density at radius 3 is 3.25 bits per heavy atom. The van der Waals surface area contributed by atoms with Crippen molar-refractivity contribution in [1.29, 1.82) is 0 Å². The molecule has 1 aliphatic carbocycles. The summed E-state index contributed by atoms with van der Waals surface area (Å²) in [6.45, 7) is 2.79. The minimum atomic E-state index is 0.191. The van der Waals surface area contributed by atoms with E-state index in [1.807, 2.05) is 6.92 Å². The molecule has 1 fully saturated rings. The highest BCUT2D eigenvalue weighted by atomic mass is 16.1. The van der Waals surface area contributed by atoms with Crippen molar-refractivity contribution in [2.24, 2.45) is 16.8 Å². The van der Waals surface area contributed by atoms with Gasteiger partial charge in [0.2, 0.25) is 0 Å². The second-order valence-electron chi connectivity index (χ2n) is 3.59. The van der Waals surface area contributed by atoms with Crippen LogP contribution in [-0.2, 0) is 4.79 Å². The summed E-state index contributed by atoms with van der Waals surface area (Å²) in [6, 6.07) is 0. The fourth-order valence-corrected chi connectivity index (χ4v) is 1.92. The average molecular weight is 163 g/mol. The molecule has 12 heavy (non-hydrogen) atoms. The molecule has 0 spiro atoms. The van der Waals surface area contributed by atoms with Gasteiger partial charge in [-0.05, 0) is 12.8 Å². The largest absolute Gasteiger partial charge is 0.293 e. The Bertz CT molecular complexity index is 265. The van der Waals surface area contributed by atoms with Crippen LogP contribution in [0.1, 0.15) is 19.8 Å². The molecule has 0 N–H and O–H groups in total. The van der Waals surface area contributed by atoms with Crippen LogP contribution in [0.5, 0.6) is 0 Å². The van der Waals surface area contributed by atoms with Gasteiger partial charge in [-0.15, -0.1) is 0 Å². The third-order valence-corrected chi connectivity index (χ3v) is 2.61. The molecule has 2 rings (SSSR count). The molecule has 64 valence electrons. The summed E-state index contributed by atoms with van der Waals surface area (Å²) in [6.07, 6.45) is 6.25. The van der Waals surface area contributed by atoms with Gasteiger partial charge in [-0.1, -0.05) is 19.1 Å². The maximum Gasteiger partial charge on any atom is 0.180 e. The van der Waals surface area contributed by atoms with Gasteiger partial charge in [0.05, 0.1) is 5.71 Å². The van der Waals surface area contributed by atoms with E-state index < -0.39 is 0 Å². The molecule has 0 aromatic carbocycles. The molecule has 1 saturated carbocycles. The van der Waals surface area contributed by atoms with Crippen LogP contribution >= 0.6 is 0 Å². The number of Topliss-reactive ketones (excluding diaryl/α,β-unsaturated/α-hetero) is 1. The molecule has 2 nitrogen and oxygen atoms in total. The molecule has 0 aromatic rings. The number of carbonyl (C=O) groups excluding carboxylic acids is 1. The molecule has 0 bridgehead atoms. The summed E-state index contributed by atoms with van der Waals surface area (Å²) >= 11 is 0. The van der Waals surface area contributed by atoms with Crippen LogP contribution in [0.3, 0.4) is 0 Å². The van der Waals surface area contributed by atoms with Gasteiger partial charge in [0.1, 0.15) is 0 Å². The first kappa shape index (κ1) is 7.71. The number of allylic oxidation sites excluding steroid dienone is 1. The monoisotopic (exact) mass is 163 g/mol. The highest BCUT2D eigenvalue weighted by molar-refractivity contribution is 6.43. The number of hydrogen-bond donors (Lipinski definition) is 0. The highest BCUT2D eigenvalue weighted by Gasteiger charge is 2.34. The second kappa shape index (κ2) is 2.85. The van der Waals surface area contributed by atoms with Crippen LogP contribution in [0, 0.1) is 11.8 Å². The minimum Gasteiger partial charge on any atom is -0.293 e. The van der Waals surface area contributed by atoms with Crippen LogP contribution in [0.25, 0.3) is 0 Å². The van der Waals surface area contributed by atoms with Gasteiger partial charge in [-0.3, -0.25) is 9.79 Å². The van der Waals surface area contributed by atoms with Crippen molar-refractivity contribution in [3.8, 4) is 0 Å². The van der Waals surface area contributed by atoms with E-state index >= 15 is 0 Å². The van der Waals surface area contributed by atoms with E-state index in [4.69, 9.17) is 0 Å². The van der Waals surface area contributed by atoms with Crippen LogP contribution in [0.15, 0.2) is 17.1 Å². The van der Waals surface area contributed by atoms with E-state index in [1.165, 1.54) is 0 Å². The van der Waals surface area contributed by atoms with Gasteiger partial charge >= 0.3 is 0 Å². The van der Waals surface area contributed by atoms with Crippen LogP contribution in [-0.4, -0.2) is 18.0 Å². The Morgan fingerprint density at radius 1 is 1.58 bits per heavy atom. The molecule has 1 aliphatic heterocycles. The van der Waals surface area contributed by atoms with Crippen molar-refractivity contribution in [1.82, 2.24) is 0 Å². The maximum atomic E-state index is 11.5. The third kappa shape index (κ3) is 1.11. The standard InChI is InChI=1S/C10H13NO/c1-7-6-8-4-2-3-5-11-9(8)10(7)12/h2,4,7-8H,3,5-6H2,1H3. The van der Waals surface area contributed by atoms with Gasteiger partial charge in [0.25, 0.3) is 0 Å². The second-order valence-corrected chi connectivity index (χ2v) is 3.59. The number of carbonyl (C=O) groups is 1. The number of rotatable bonds is 0. The lowest BCUT2D eigenvalue weighted by molar-refractivity contribution is -0.115. The van der Waals surface area contributed by atoms with Crippen molar-refractivity contribution in [3.05, 3.63) is 12.2 Å². The summed E-state index contributed by atoms with van der Waals surface area (Å²) in [4.78, 5) is 15.8. The molecule has 2 aliphatic rings. The predicted molar refractivity (Wildman–Crippen MR) is 48.3 cm³/mol. The highest BCUT2D eigenvalue weighted by Crippen LogP contribution is 2.27. The lowest BCUT2D eigenvalue weighted by Crippen LogP contribution is -2.14. The van der Waals surface area contributed by atoms with E-state index in [9.17, 15) is 4.79 Å². The maximum absolute atomic E-state index is 11.5. The van der Waals surface area contributed by atoms with Gasteiger partial charge in [-0.2, -0.15) is 0 Å². The molecular formula is C10H13NO. The topological polar surface area (TPSA) is 29.4 Å². The first-order chi connectivity index (χ1) is 5.79. The van der Waals surface area contributed by atoms with E-state index in [1.54, 1.807) is 0 Å². The Morgan fingerprint density at radius 2 is 2.42 bits per heavy atom. The molecule has 0 aromatic heterocycles. The Hall–Kier alpha value is -0.920. The Kier molecular flexibility index (Phi) is 1.83. The summed E-state index contributed by atoms with van der Waals surface area (Å²) in [5.41, 5.74) is 0.830. The fourth-order valence-electron chi connectivity index (χ4n) is 1.92. The summed E-state index contributed by atoms with van der Waals surface area (Å²) in [7, 11) is 0. The SMILES string of the molecule is CC1CC2C=CCCN=C2C1=O. The van der Waals surface area contributed by atoms with Gasteiger partial charge in [-0.25, -0.2) is 0 Å². The molecule has 0 saturated heterocycles. The number of nitrogens with zero attached hydrogens (tertiary/aromatic N) is 1. The fraction of sp³-hybridized carbons (Fsp3) is 0.600. The van der Waals surface area contributed by atoms with Crippen LogP contribution < -0.4 is 0 Å². The lowest BCUT2D eigenvalue weighted by Gasteiger charge is -1.99. The quantitative estimate of drug-likeness (QED) is 0.499. The average Bonchev–Trinajstić information content (AvgIpc) is 2.30. The zero-order valence-electron chi connectivity index (χ0n) is 7.29. The first-order valence-corrected chi connectivity index (χ1v) is 4.54. The number of ketones is 1. The van der Waals surface area contributed by atoms with E-state index in [2.05, 4.69) is 17.1 Å².